The summed E-state index contributed by atoms with van der Waals surface area (Å²) in [7, 11) is 0. The van der Waals surface area contributed by atoms with Crippen molar-refractivity contribution in [3.63, 3.8) is 0 Å². The van der Waals surface area contributed by atoms with Crippen molar-refractivity contribution in [1.29, 1.82) is 0 Å². The molecule has 2 aliphatic heterocycles. The molecule has 0 radical (unpaired) electrons. The monoisotopic (exact) mass is 261 g/mol. The molecule has 0 spiro atoms. The quantitative estimate of drug-likeness (QED) is 0.904. The van der Waals surface area contributed by atoms with Gasteiger partial charge >= 0.3 is 0 Å². The first-order chi connectivity index (χ1) is 9.13. The Bertz CT molecular complexity index is 474. The van der Waals surface area contributed by atoms with Crippen molar-refractivity contribution >= 4 is 5.69 Å². The van der Waals surface area contributed by atoms with Gasteiger partial charge < -0.3 is 14.7 Å². The maximum Gasteiger partial charge on any atom is 0.0584 e. The summed E-state index contributed by atoms with van der Waals surface area (Å²) in [4.78, 5) is 2.46. The molecule has 0 atom stereocenters. The average molecular weight is 261 g/mol. The average Bonchev–Trinajstić information content (AvgIpc) is 2.34. The number of aryl methyl sites for hydroxylation is 2. The molecule has 0 aromatic heterocycles. The van der Waals surface area contributed by atoms with Crippen LogP contribution in [0.4, 0.5) is 5.69 Å². The Hall–Kier alpha value is -1.06. The van der Waals surface area contributed by atoms with E-state index in [-0.39, 0.29) is 12.0 Å². The fraction of sp³-hybridized carbons (Fsp3) is 0.625. The highest BCUT2D eigenvalue weighted by Crippen LogP contribution is 2.35. The van der Waals surface area contributed by atoms with Crippen molar-refractivity contribution in [2.24, 2.45) is 5.41 Å². The summed E-state index contributed by atoms with van der Waals surface area (Å²) in [6.07, 6.45) is 2.39. The highest BCUT2D eigenvalue weighted by Gasteiger charge is 2.40. The lowest BCUT2D eigenvalue weighted by Gasteiger charge is -2.45. The minimum Gasteiger partial charge on any atom is -0.396 e. The second-order valence-electron chi connectivity index (χ2n) is 6.26. The van der Waals surface area contributed by atoms with Crippen molar-refractivity contribution in [2.75, 3.05) is 37.8 Å². The fourth-order valence-corrected chi connectivity index (χ4v) is 3.34. The molecule has 1 aromatic carbocycles. The van der Waals surface area contributed by atoms with E-state index in [4.69, 9.17) is 4.74 Å². The molecule has 1 fully saturated rings. The van der Waals surface area contributed by atoms with Crippen LogP contribution in [-0.4, -0.2) is 38.0 Å². The van der Waals surface area contributed by atoms with Crippen LogP contribution in [0.3, 0.4) is 0 Å². The molecule has 0 bridgehead atoms. The molecule has 1 aromatic rings. The standard InChI is InChI=1S/C16H23NO2/c1-12-6-13(2)14-4-3-5-17(15(14)7-12)8-16(9-18)10-19-11-16/h6-7,18H,3-5,8-11H2,1-2H3. The van der Waals surface area contributed by atoms with Gasteiger partial charge in [-0.2, -0.15) is 0 Å². The first-order valence-corrected chi connectivity index (χ1v) is 7.17. The Kier molecular flexibility index (Phi) is 3.27. The first kappa shape index (κ1) is 12.9. The van der Waals surface area contributed by atoms with Crippen LogP contribution in [0.5, 0.6) is 0 Å². The summed E-state index contributed by atoms with van der Waals surface area (Å²) in [6.45, 7) is 8.00. The smallest absolute Gasteiger partial charge is 0.0584 e. The van der Waals surface area contributed by atoms with Crippen LogP contribution in [0.2, 0.25) is 0 Å². The largest absolute Gasteiger partial charge is 0.396 e. The number of ether oxygens (including phenoxy) is 1. The van der Waals surface area contributed by atoms with E-state index in [2.05, 4.69) is 30.9 Å². The molecule has 0 aliphatic carbocycles. The highest BCUT2D eigenvalue weighted by molar-refractivity contribution is 5.60. The number of fused-ring (bicyclic) bond motifs is 1. The SMILES string of the molecule is Cc1cc(C)c2c(c1)N(CC1(CO)COC1)CCC2. The lowest BCUT2D eigenvalue weighted by Crippen LogP contribution is -2.54. The summed E-state index contributed by atoms with van der Waals surface area (Å²) >= 11 is 0. The van der Waals surface area contributed by atoms with E-state index in [1.165, 1.54) is 35.2 Å². The van der Waals surface area contributed by atoms with Crippen LogP contribution in [0, 0.1) is 19.3 Å². The highest BCUT2D eigenvalue weighted by atomic mass is 16.5. The third kappa shape index (κ3) is 2.26. The number of hydrogen-bond acceptors (Lipinski definition) is 3. The third-order valence-corrected chi connectivity index (χ3v) is 4.47. The summed E-state index contributed by atoms with van der Waals surface area (Å²) in [6, 6.07) is 4.57. The van der Waals surface area contributed by atoms with Gasteiger partial charge in [0.25, 0.3) is 0 Å². The van der Waals surface area contributed by atoms with E-state index in [9.17, 15) is 5.11 Å². The zero-order chi connectivity index (χ0) is 13.5. The van der Waals surface area contributed by atoms with Crippen LogP contribution in [0.25, 0.3) is 0 Å². The molecule has 3 nitrogen and oxygen atoms in total. The van der Waals surface area contributed by atoms with Gasteiger partial charge in [-0.15, -0.1) is 0 Å². The van der Waals surface area contributed by atoms with Gasteiger partial charge in [-0.05, 0) is 49.4 Å². The zero-order valence-corrected chi connectivity index (χ0v) is 11.9. The predicted molar refractivity (Wildman–Crippen MR) is 76.8 cm³/mol. The van der Waals surface area contributed by atoms with Gasteiger partial charge in [0.15, 0.2) is 0 Å². The summed E-state index contributed by atoms with van der Waals surface area (Å²) < 4.78 is 5.32. The van der Waals surface area contributed by atoms with Gasteiger partial charge in [-0.25, -0.2) is 0 Å². The number of nitrogens with zero attached hydrogens (tertiary/aromatic N) is 1. The van der Waals surface area contributed by atoms with E-state index in [0.717, 1.165) is 13.1 Å². The normalized spacial score (nSPS) is 20.9. The van der Waals surface area contributed by atoms with E-state index >= 15 is 0 Å². The molecule has 0 amide bonds. The topological polar surface area (TPSA) is 32.7 Å². The molecule has 2 aliphatic rings. The Labute approximate surface area is 115 Å². The van der Waals surface area contributed by atoms with Crippen molar-refractivity contribution in [1.82, 2.24) is 0 Å². The lowest BCUT2D eigenvalue weighted by atomic mass is 9.85. The van der Waals surface area contributed by atoms with Gasteiger partial charge in [-0.1, -0.05) is 6.07 Å². The molecule has 1 saturated heterocycles. The van der Waals surface area contributed by atoms with E-state index in [0.29, 0.717) is 13.2 Å². The Morgan fingerprint density at radius 3 is 2.74 bits per heavy atom. The predicted octanol–water partition coefficient (Wildman–Crippen LogP) is 2.06. The number of rotatable bonds is 3. The molecule has 3 rings (SSSR count). The number of benzene rings is 1. The van der Waals surface area contributed by atoms with Crippen LogP contribution in [0.1, 0.15) is 23.1 Å². The van der Waals surface area contributed by atoms with Crippen LogP contribution >= 0.6 is 0 Å². The number of anilines is 1. The second-order valence-corrected chi connectivity index (χ2v) is 6.26. The maximum atomic E-state index is 9.62. The van der Waals surface area contributed by atoms with Gasteiger partial charge in [0.2, 0.25) is 0 Å². The molecule has 2 heterocycles. The number of hydrogen-bond donors (Lipinski definition) is 1. The second kappa shape index (κ2) is 4.80. The molecule has 19 heavy (non-hydrogen) atoms. The van der Waals surface area contributed by atoms with Crippen LogP contribution < -0.4 is 4.90 Å². The molecule has 0 unspecified atom stereocenters. The molecule has 1 N–H and O–H groups in total. The van der Waals surface area contributed by atoms with Crippen molar-refractivity contribution in [3.8, 4) is 0 Å². The number of aliphatic hydroxyl groups is 1. The van der Waals surface area contributed by atoms with Gasteiger partial charge in [-0.3, -0.25) is 0 Å². The summed E-state index contributed by atoms with van der Waals surface area (Å²) in [5.74, 6) is 0. The molecular formula is C16H23NO2. The van der Waals surface area contributed by atoms with Gasteiger partial charge in [0.05, 0.1) is 25.2 Å². The van der Waals surface area contributed by atoms with Crippen molar-refractivity contribution in [3.05, 3.63) is 28.8 Å². The van der Waals surface area contributed by atoms with Crippen LogP contribution in [-0.2, 0) is 11.2 Å². The van der Waals surface area contributed by atoms with Crippen molar-refractivity contribution in [2.45, 2.75) is 26.7 Å². The third-order valence-electron chi connectivity index (χ3n) is 4.47. The maximum absolute atomic E-state index is 9.62. The molecule has 104 valence electrons. The zero-order valence-electron chi connectivity index (χ0n) is 11.9. The fourth-order valence-electron chi connectivity index (χ4n) is 3.34. The first-order valence-electron chi connectivity index (χ1n) is 7.17. The van der Waals surface area contributed by atoms with E-state index in [1.54, 1.807) is 0 Å². The molecular weight excluding hydrogens is 238 g/mol. The minimum absolute atomic E-state index is 0.0355. The summed E-state index contributed by atoms with van der Waals surface area (Å²) in [5, 5.41) is 9.62. The van der Waals surface area contributed by atoms with E-state index in [1.807, 2.05) is 0 Å². The Morgan fingerprint density at radius 1 is 1.32 bits per heavy atom. The van der Waals surface area contributed by atoms with Gasteiger partial charge in [0.1, 0.15) is 0 Å². The minimum atomic E-state index is -0.0355. The molecule has 3 heteroatoms. The Morgan fingerprint density at radius 2 is 2.11 bits per heavy atom. The van der Waals surface area contributed by atoms with Crippen LogP contribution in [0.15, 0.2) is 12.1 Å². The van der Waals surface area contributed by atoms with Gasteiger partial charge in [0, 0.05) is 18.8 Å². The summed E-state index contributed by atoms with van der Waals surface area (Å²) in [5.41, 5.74) is 5.56. The number of aliphatic hydroxyl groups excluding tert-OH is 1. The lowest BCUT2D eigenvalue weighted by molar-refractivity contribution is -0.131. The Balaban J connectivity index is 1.89. The van der Waals surface area contributed by atoms with E-state index < -0.39 is 0 Å². The molecule has 0 saturated carbocycles. The van der Waals surface area contributed by atoms with Crippen molar-refractivity contribution < 1.29 is 9.84 Å².